The number of carbonyl (C=O) groups is 2. The predicted octanol–water partition coefficient (Wildman–Crippen LogP) is 3.23. The highest BCUT2D eigenvalue weighted by Gasteiger charge is 2.65. The van der Waals surface area contributed by atoms with E-state index in [-0.39, 0.29) is 12.5 Å². The molecule has 0 spiro atoms. The quantitative estimate of drug-likeness (QED) is 0.823. The number of nitrogens with zero attached hydrogens (tertiary/aromatic N) is 2. The van der Waals surface area contributed by atoms with Crippen LogP contribution in [0, 0.1) is 0 Å². The number of carbonyl (C=O) groups excluding carboxylic acids is 1. The summed E-state index contributed by atoms with van der Waals surface area (Å²) in [7, 11) is 0. The van der Waals surface area contributed by atoms with Crippen LogP contribution in [0.2, 0.25) is 0 Å². The fourth-order valence-electron chi connectivity index (χ4n) is 4.18. The first-order valence-electron chi connectivity index (χ1n) is 9.19. The standard InChI is InChI=1S/C21H23N3O3/c22-20(13-14-20)21(12-11-18(25)26)15-23(16-7-3-1-4-8-16)19(27)24(21)17-9-5-2-6-10-17/h1-10H,11-15,22H2,(H,25,26). The summed E-state index contributed by atoms with van der Waals surface area (Å²) in [5.74, 6) is -0.878. The van der Waals surface area contributed by atoms with Crippen molar-refractivity contribution in [2.24, 2.45) is 5.73 Å². The van der Waals surface area contributed by atoms with Crippen LogP contribution in [-0.4, -0.2) is 34.7 Å². The molecule has 4 rings (SSSR count). The molecule has 0 radical (unpaired) electrons. The Morgan fingerprint density at radius 1 is 1.00 bits per heavy atom. The van der Waals surface area contributed by atoms with Gasteiger partial charge in [-0.15, -0.1) is 0 Å². The zero-order chi connectivity index (χ0) is 19.1. The number of carboxylic acid groups (broad SMARTS) is 1. The maximum absolute atomic E-state index is 13.5. The lowest BCUT2D eigenvalue weighted by Crippen LogP contribution is -2.62. The fourth-order valence-corrected chi connectivity index (χ4v) is 4.18. The van der Waals surface area contributed by atoms with E-state index >= 15 is 0 Å². The van der Waals surface area contributed by atoms with Gasteiger partial charge in [0.2, 0.25) is 0 Å². The van der Waals surface area contributed by atoms with Crippen LogP contribution >= 0.6 is 0 Å². The third-order valence-electron chi connectivity index (χ3n) is 5.82. The summed E-state index contributed by atoms with van der Waals surface area (Å²) in [5.41, 5.74) is 6.92. The highest BCUT2D eigenvalue weighted by Crippen LogP contribution is 2.53. The van der Waals surface area contributed by atoms with Gasteiger partial charge in [0.1, 0.15) is 0 Å². The van der Waals surface area contributed by atoms with Gasteiger partial charge in [0.15, 0.2) is 0 Å². The average molecular weight is 365 g/mol. The Bertz CT molecular complexity index is 851. The maximum Gasteiger partial charge on any atom is 0.329 e. The van der Waals surface area contributed by atoms with E-state index in [9.17, 15) is 14.7 Å². The van der Waals surface area contributed by atoms with Crippen LogP contribution in [-0.2, 0) is 4.79 Å². The minimum atomic E-state index is -0.878. The number of nitrogens with two attached hydrogens (primary N) is 1. The maximum atomic E-state index is 13.5. The summed E-state index contributed by atoms with van der Waals surface area (Å²) >= 11 is 0. The van der Waals surface area contributed by atoms with Gasteiger partial charge in [0.25, 0.3) is 0 Å². The highest BCUT2D eigenvalue weighted by atomic mass is 16.4. The second kappa shape index (κ2) is 6.39. The van der Waals surface area contributed by atoms with Gasteiger partial charge in [-0.25, -0.2) is 4.79 Å². The molecule has 1 heterocycles. The normalized spacial score (nSPS) is 23.5. The number of hydrogen-bond acceptors (Lipinski definition) is 3. The molecule has 1 atom stereocenters. The lowest BCUT2D eigenvalue weighted by molar-refractivity contribution is -0.137. The van der Waals surface area contributed by atoms with Crippen molar-refractivity contribution in [2.45, 2.75) is 36.8 Å². The van der Waals surface area contributed by atoms with Crippen molar-refractivity contribution < 1.29 is 14.7 Å². The van der Waals surface area contributed by atoms with Gasteiger partial charge in [-0.1, -0.05) is 36.4 Å². The van der Waals surface area contributed by atoms with Crippen LogP contribution in [0.3, 0.4) is 0 Å². The summed E-state index contributed by atoms with van der Waals surface area (Å²) in [6.45, 7) is 0.383. The van der Waals surface area contributed by atoms with E-state index in [1.165, 1.54) is 0 Å². The minimum absolute atomic E-state index is 0.0296. The molecule has 1 saturated heterocycles. The summed E-state index contributed by atoms with van der Waals surface area (Å²) in [6.07, 6.45) is 1.86. The first kappa shape index (κ1) is 17.5. The number of carboxylic acids is 1. The van der Waals surface area contributed by atoms with Crippen LogP contribution in [0.4, 0.5) is 16.2 Å². The molecule has 2 amide bonds. The van der Waals surface area contributed by atoms with E-state index in [1.54, 1.807) is 9.80 Å². The predicted molar refractivity (Wildman–Crippen MR) is 104 cm³/mol. The molecule has 1 saturated carbocycles. The molecule has 2 aliphatic rings. The lowest BCUT2D eigenvalue weighted by atomic mass is 9.82. The molecule has 27 heavy (non-hydrogen) atoms. The number of benzene rings is 2. The Hall–Kier alpha value is -2.86. The average Bonchev–Trinajstić information content (AvgIpc) is 3.36. The van der Waals surface area contributed by atoms with E-state index < -0.39 is 17.0 Å². The van der Waals surface area contributed by atoms with Gasteiger partial charge in [-0.05, 0) is 43.5 Å². The van der Waals surface area contributed by atoms with Gasteiger partial charge in [-0.2, -0.15) is 0 Å². The van der Waals surface area contributed by atoms with Gasteiger partial charge in [0, 0.05) is 23.3 Å². The molecular formula is C21H23N3O3. The van der Waals surface area contributed by atoms with Crippen molar-refractivity contribution in [3.63, 3.8) is 0 Å². The van der Waals surface area contributed by atoms with E-state index in [4.69, 9.17) is 5.73 Å². The molecule has 1 unspecified atom stereocenters. The molecule has 1 aliphatic carbocycles. The van der Waals surface area contributed by atoms with Gasteiger partial charge >= 0.3 is 12.0 Å². The zero-order valence-electron chi connectivity index (χ0n) is 15.0. The van der Waals surface area contributed by atoms with Gasteiger partial charge in [-0.3, -0.25) is 14.6 Å². The molecule has 3 N–H and O–H groups in total. The summed E-state index contributed by atoms with van der Waals surface area (Å²) < 4.78 is 0. The first-order valence-corrected chi connectivity index (χ1v) is 9.19. The van der Waals surface area contributed by atoms with E-state index in [0.29, 0.717) is 13.0 Å². The number of amides is 2. The Kier molecular flexibility index (Phi) is 4.15. The topological polar surface area (TPSA) is 86.9 Å². The van der Waals surface area contributed by atoms with Crippen LogP contribution < -0.4 is 15.5 Å². The summed E-state index contributed by atoms with van der Waals surface area (Å²) in [6, 6.07) is 18.7. The largest absolute Gasteiger partial charge is 0.481 e. The molecule has 2 aromatic carbocycles. The van der Waals surface area contributed by atoms with Crippen LogP contribution in [0.5, 0.6) is 0 Å². The molecule has 2 fully saturated rings. The highest BCUT2D eigenvalue weighted by molar-refractivity contribution is 6.08. The van der Waals surface area contributed by atoms with Crippen molar-refractivity contribution in [1.82, 2.24) is 0 Å². The SMILES string of the molecule is NC1(C2(CCC(=O)O)CN(c3ccccc3)C(=O)N2c2ccccc2)CC1. The fraction of sp³-hybridized carbons (Fsp3) is 0.333. The Balaban J connectivity index is 1.82. The molecule has 6 heteroatoms. The third-order valence-corrected chi connectivity index (χ3v) is 5.82. The molecular weight excluding hydrogens is 342 g/mol. The number of anilines is 2. The second-order valence-corrected chi connectivity index (χ2v) is 7.46. The molecule has 6 nitrogen and oxygen atoms in total. The van der Waals surface area contributed by atoms with E-state index in [2.05, 4.69) is 0 Å². The molecule has 0 aromatic heterocycles. The Labute approximate surface area is 158 Å². The van der Waals surface area contributed by atoms with Crippen molar-refractivity contribution in [2.75, 3.05) is 16.3 Å². The number of para-hydroxylation sites is 2. The minimum Gasteiger partial charge on any atom is -0.481 e. The van der Waals surface area contributed by atoms with Crippen molar-refractivity contribution in [1.29, 1.82) is 0 Å². The Morgan fingerprint density at radius 2 is 1.56 bits per heavy atom. The van der Waals surface area contributed by atoms with Crippen LogP contribution in [0.1, 0.15) is 25.7 Å². The van der Waals surface area contributed by atoms with E-state index in [0.717, 1.165) is 24.2 Å². The van der Waals surface area contributed by atoms with Crippen molar-refractivity contribution >= 4 is 23.4 Å². The van der Waals surface area contributed by atoms with Gasteiger partial charge in [0.05, 0.1) is 12.1 Å². The number of aliphatic carboxylic acids is 1. The van der Waals surface area contributed by atoms with E-state index in [1.807, 2.05) is 60.7 Å². The zero-order valence-corrected chi connectivity index (χ0v) is 15.0. The van der Waals surface area contributed by atoms with Crippen molar-refractivity contribution in [3.05, 3.63) is 60.7 Å². The molecule has 1 aliphatic heterocycles. The van der Waals surface area contributed by atoms with Crippen LogP contribution in [0.25, 0.3) is 0 Å². The molecule has 0 bridgehead atoms. The summed E-state index contributed by atoms with van der Waals surface area (Å²) in [5, 5.41) is 9.32. The smallest absolute Gasteiger partial charge is 0.329 e. The number of hydrogen-bond donors (Lipinski definition) is 2. The summed E-state index contributed by atoms with van der Waals surface area (Å²) in [4.78, 5) is 28.3. The molecule has 2 aromatic rings. The molecule has 140 valence electrons. The van der Waals surface area contributed by atoms with Crippen molar-refractivity contribution in [3.8, 4) is 0 Å². The second-order valence-electron chi connectivity index (χ2n) is 7.46. The first-order chi connectivity index (χ1) is 13.0. The van der Waals surface area contributed by atoms with Gasteiger partial charge < -0.3 is 10.8 Å². The number of urea groups is 1. The number of rotatable bonds is 6. The third kappa shape index (κ3) is 2.86. The monoisotopic (exact) mass is 365 g/mol. The Morgan fingerprint density at radius 3 is 2.07 bits per heavy atom. The van der Waals surface area contributed by atoms with Crippen LogP contribution in [0.15, 0.2) is 60.7 Å². The lowest BCUT2D eigenvalue weighted by Gasteiger charge is -2.42.